The van der Waals surface area contributed by atoms with Crippen molar-refractivity contribution in [1.29, 1.82) is 0 Å². The summed E-state index contributed by atoms with van der Waals surface area (Å²) in [5.41, 5.74) is 30.7. The van der Waals surface area contributed by atoms with Crippen LogP contribution in [0.2, 0.25) is 63.5 Å². The van der Waals surface area contributed by atoms with Crippen LogP contribution in [-0.4, -0.2) is 32.3 Å². The van der Waals surface area contributed by atoms with E-state index in [1.165, 1.54) is 207 Å². The van der Waals surface area contributed by atoms with Gasteiger partial charge in [0.2, 0.25) is 22.8 Å². The fourth-order valence-electron chi connectivity index (χ4n) is 21.1. The van der Waals surface area contributed by atoms with Gasteiger partial charge in [0.15, 0.2) is 24.8 Å². The Morgan fingerprint density at radius 1 is 0.299 bits per heavy atom. The minimum absolute atomic E-state index is 0.132. The Bertz CT molecular complexity index is 6240. The molecular formula is C119H158N4Si4+4. The molecule has 14 rings (SSSR count). The lowest BCUT2D eigenvalue weighted by atomic mass is 9.93. The molecule has 0 spiro atoms. The highest BCUT2D eigenvalue weighted by Crippen LogP contribution is 2.41. The zero-order valence-electron chi connectivity index (χ0n) is 84.8. The molecule has 4 heterocycles. The van der Waals surface area contributed by atoms with Crippen molar-refractivity contribution in [2.45, 2.75) is 259 Å². The smallest absolute Gasteiger partial charge is 0.200 e. The normalized spacial score (nSPS) is 12.3. The molecular weight excluding hydrogens is 1600 g/mol. The van der Waals surface area contributed by atoms with Crippen LogP contribution < -0.4 is 39.0 Å². The summed E-state index contributed by atoms with van der Waals surface area (Å²) in [6.07, 6.45) is 13.2. The highest BCUT2D eigenvalue weighted by Gasteiger charge is 2.43. The molecule has 0 bridgehead atoms. The van der Waals surface area contributed by atoms with Crippen LogP contribution in [0.4, 0.5) is 0 Å². The van der Waals surface area contributed by atoms with Crippen molar-refractivity contribution in [2.24, 2.45) is 51.4 Å². The maximum atomic E-state index is 2.59. The number of rotatable bonds is 23. The lowest BCUT2D eigenvalue weighted by Gasteiger charge is -2.41. The van der Waals surface area contributed by atoms with E-state index in [1.807, 2.05) is 0 Å². The zero-order chi connectivity index (χ0) is 92.9. The van der Waals surface area contributed by atoms with E-state index in [-0.39, 0.29) is 5.04 Å². The Balaban J connectivity index is 0.000000164. The van der Waals surface area contributed by atoms with Crippen LogP contribution in [-0.2, 0) is 65.0 Å². The van der Waals surface area contributed by atoms with Crippen molar-refractivity contribution in [2.75, 3.05) is 0 Å². The van der Waals surface area contributed by atoms with Crippen LogP contribution >= 0.6 is 0 Å². The van der Waals surface area contributed by atoms with Crippen molar-refractivity contribution in [1.82, 2.24) is 0 Å². The Morgan fingerprint density at radius 3 is 0.874 bits per heavy atom. The first-order chi connectivity index (χ1) is 59.8. The highest BCUT2D eigenvalue weighted by molar-refractivity contribution is 6.93. The lowest BCUT2D eigenvalue weighted by Crippen LogP contribution is -2.57. The van der Waals surface area contributed by atoms with E-state index < -0.39 is 32.3 Å². The Labute approximate surface area is 773 Å². The molecule has 0 amide bonds. The van der Waals surface area contributed by atoms with E-state index >= 15 is 0 Å². The van der Waals surface area contributed by atoms with Crippen LogP contribution in [0.15, 0.2) is 231 Å². The first kappa shape index (κ1) is 98.3. The van der Waals surface area contributed by atoms with Gasteiger partial charge in [0.05, 0.1) is 76.1 Å². The molecule has 4 nitrogen and oxygen atoms in total. The van der Waals surface area contributed by atoms with Crippen molar-refractivity contribution < 1.29 is 18.3 Å². The van der Waals surface area contributed by atoms with Gasteiger partial charge in [-0.25, -0.2) is 18.3 Å². The topological polar surface area (TPSA) is 15.5 Å². The third kappa shape index (κ3) is 22.1. The number of fused-ring (bicyclic) bond motifs is 4. The molecule has 0 fully saturated rings. The molecule has 0 aliphatic carbocycles. The first-order valence-electron chi connectivity index (χ1n) is 48.0. The fraction of sp³-hybridized carbons (Fsp3) is 0.395. The number of aromatic nitrogens is 4. The average molecular weight is 1760 g/mol. The summed E-state index contributed by atoms with van der Waals surface area (Å²) >= 11 is 0. The van der Waals surface area contributed by atoms with Gasteiger partial charge in [-0.05, 0) is 264 Å². The summed E-state index contributed by atoms with van der Waals surface area (Å²) in [7, 11) is 2.20. The summed E-state index contributed by atoms with van der Waals surface area (Å²) in [6.45, 7) is 68.5. The third-order valence-corrected chi connectivity index (χ3v) is 47.4. The number of benzene rings is 10. The number of hydrogen-bond acceptors (Lipinski definition) is 0. The van der Waals surface area contributed by atoms with E-state index in [0.29, 0.717) is 5.41 Å². The molecule has 4 aromatic heterocycles. The van der Waals surface area contributed by atoms with Crippen LogP contribution in [0.1, 0.15) is 182 Å². The predicted molar refractivity (Wildman–Crippen MR) is 567 cm³/mol. The molecule has 0 saturated heterocycles. The molecule has 0 saturated carbocycles. The molecule has 0 atom stereocenters. The molecule has 0 unspecified atom stereocenters. The maximum Gasteiger partial charge on any atom is 0.220 e. The third-order valence-electron chi connectivity index (χ3n) is 28.9. The predicted octanol–water partition coefficient (Wildman–Crippen LogP) is 27.8. The molecule has 127 heavy (non-hydrogen) atoms. The van der Waals surface area contributed by atoms with Gasteiger partial charge in [-0.2, -0.15) is 0 Å². The summed E-state index contributed by atoms with van der Waals surface area (Å²) in [5.74, 6) is 2.23. The molecule has 0 aliphatic rings. The van der Waals surface area contributed by atoms with Gasteiger partial charge in [0, 0.05) is 24.3 Å². The molecule has 10 aromatic carbocycles. The number of nitrogens with zero attached hydrogens (tertiary/aromatic N) is 4. The van der Waals surface area contributed by atoms with Crippen LogP contribution in [0.25, 0.3) is 88.1 Å². The molecule has 666 valence electrons. The van der Waals surface area contributed by atoms with E-state index in [4.69, 9.17) is 0 Å². The van der Waals surface area contributed by atoms with Crippen molar-refractivity contribution in [3.63, 3.8) is 0 Å². The Morgan fingerprint density at radius 2 is 0.575 bits per heavy atom. The monoisotopic (exact) mass is 1760 g/mol. The molecule has 14 aromatic rings. The highest BCUT2D eigenvalue weighted by atomic mass is 28.3. The molecule has 0 radical (unpaired) electrons. The van der Waals surface area contributed by atoms with Crippen LogP contribution in [0, 0.1) is 78.6 Å². The van der Waals surface area contributed by atoms with E-state index in [1.54, 1.807) is 10.4 Å². The van der Waals surface area contributed by atoms with E-state index in [9.17, 15) is 0 Å². The first-order valence-corrected chi connectivity index (χ1v) is 60.0. The zero-order valence-corrected chi connectivity index (χ0v) is 88.8. The lowest BCUT2D eigenvalue weighted by molar-refractivity contribution is -0.659. The molecule has 8 heteroatoms. The second-order valence-electron chi connectivity index (χ2n) is 42.9. The van der Waals surface area contributed by atoms with Gasteiger partial charge in [0.25, 0.3) is 0 Å². The minimum atomic E-state index is -1.82. The Kier molecular flexibility index (Phi) is 31.3. The van der Waals surface area contributed by atoms with Crippen molar-refractivity contribution >= 4 is 96.1 Å². The van der Waals surface area contributed by atoms with Gasteiger partial charge < -0.3 is 0 Å². The van der Waals surface area contributed by atoms with Gasteiger partial charge in [-0.3, -0.25) is 0 Å². The van der Waals surface area contributed by atoms with E-state index in [0.717, 1.165) is 43.4 Å². The van der Waals surface area contributed by atoms with Crippen molar-refractivity contribution in [3.8, 4) is 45.0 Å². The van der Waals surface area contributed by atoms with Gasteiger partial charge in [0.1, 0.15) is 28.2 Å². The summed E-state index contributed by atoms with van der Waals surface area (Å²) in [6, 6.07) is 86.1. The molecule has 0 N–H and O–H groups in total. The van der Waals surface area contributed by atoms with Gasteiger partial charge in [-0.15, -0.1) is 0 Å². The van der Waals surface area contributed by atoms with Crippen LogP contribution in [0.3, 0.4) is 0 Å². The molecule has 0 aliphatic heterocycles. The quantitative estimate of drug-likeness (QED) is 0.0448. The summed E-state index contributed by atoms with van der Waals surface area (Å²) in [5, 5.41) is 17.3. The SMILES string of the molecule is CCc1cc(C)c(C)c(-c2c3ccc([Si](C)(C)C(C)(C)c4ccccc4)cc3cc[n+]2C)c1.CCc1cc(C)c(C)c(-c2c3ccc([Si](C)(C)CC(C)(C)C)cc3cc[n+]2C)c1.CCc1cc(C)c(C)c(-c2c3ccc([Si](C)(C)Cc4ccccc4)cc3cc[n+]2C)c1.CCc1cc(C)c(C)c(-c2c3ccc([Si](CC(C)C)(CC(C)C)CC(C)C)cc3cc[n+]2C)c1. The fourth-order valence-corrected chi connectivity index (χ4v) is 37.0. The Hall–Kier alpha value is -9.29. The number of pyridine rings is 4. The van der Waals surface area contributed by atoms with Gasteiger partial charge >= 0.3 is 0 Å². The largest absolute Gasteiger partial charge is 0.220 e. The average Bonchev–Trinajstić information content (AvgIpc) is 0.746. The van der Waals surface area contributed by atoms with Crippen LogP contribution in [0.5, 0.6) is 0 Å². The standard InChI is InChI=1S/C32H48NSi.C31H38NSi.C29H34NSi.C27H38NSi/c1-11-27-16-25(8)26(9)31(17-27)32-30-13-12-29(18-28(30)14-15-33(32)10)34(19-22(2)3,20-23(4)5)21-24(6)7;1-9-24-19-22(2)23(3)29(20-24)30-28-16-15-27(21-25(28)17-18-32(30)6)33(7,8)31(4,5)26-13-11-10-12-14-26;1-7-23-17-21(2)22(3)28(18-23)29-27-14-13-26(19-25(27)15-16-30(29)4)31(5,6)20-24-11-9-8-10-12-24;1-10-21-15-19(2)20(3)25(16-21)26-24-12-11-23(17-22(24)13-14-28(26)7)29(8,9)18-27(4,5)6/h12-18,22-24H,11,19-21H2,1-10H3;10-21H,9H2,1-8H3;8-19H,7,20H2,1-6H3;11-17H,10,18H2,1-9H3/q4*+1. The second kappa shape index (κ2) is 40.4. The summed E-state index contributed by atoms with van der Waals surface area (Å²) < 4.78 is 9.20. The van der Waals surface area contributed by atoms with Crippen molar-refractivity contribution in [3.05, 3.63) is 309 Å². The number of hydrogen-bond donors (Lipinski definition) is 0. The second-order valence-corrected chi connectivity index (χ2v) is 61.8. The maximum absolute atomic E-state index is 2.59. The van der Waals surface area contributed by atoms with Gasteiger partial charge in [-0.1, -0.05) is 321 Å². The minimum Gasteiger partial charge on any atom is -0.200 e. The summed E-state index contributed by atoms with van der Waals surface area (Å²) in [4.78, 5) is 0. The van der Waals surface area contributed by atoms with E-state index in [2.05, 4.69) is 476 Å². The number of aryl methyl sites for hydroxylation is 12.